The fraction of sp³-hybridized carbons (Fsp3) is 0.875. The standard InChI is InChI=1S/C8H19NOSi/c1-5-11(6-2,7-3)9-8(4)10/h5-7H2,1-4H3,(H,9,10). The quantitative estimate of drug-likeness (QED) is 0.648. The lowest BCUT2D eigenvalue weighted by atomic mass is 10.8. The summed E-state index contributed by atoms with van der Waals surface area (Å²) < 4.78 is 0. The average Bonchev–Trinajstić information content (AvgIpc) is 2.00. The van der Waals surface area contributed by atoms with Gasteiger partial charge in [0, 0.05) is 6.92 Å². The van der Waals surface area contributed by atoms with Gasteiger partial charge in [-0.15, -0.1) is 0 Å². The van der Waals surface area contributed by atoms with Gasteiger partial charge in [-0.1, -0.05) is 20.8 Å². The number of carbonyl (C=O) groups excluding carboxylic acids is 1. The van der Waals surface area contributed by atoms with Crippen LogP contribution in [0.5, 0.6) is 0 Å². The van der Waals surface area contributed by atoms with Gasteiger partial charge in [0.15, 0.2) is 8.24 Å². The minimum absolute atomic E-state index is 0.141. The first-order chi connectivity index (χ1) is 5.10. The summed E-state index contributed by atoms with van der Waals surface area (Å²) >= 11 is 0. The maximum atomic E-state index is 10.9. The number of nitrogens with one attached hydrogen (secondary N) is 1. The van der Waals surface area contributed by atoms with Crippen LogP contribution in [0.1, 0.15) is 27.7 Å². The summed E-state index contributed by atoms with van der Waals surface area (Å²) in [7, 11) is -1.38. The van der Waals surface area contributed by atoms with Crippen molar-refractivity contribution < 1.29 is 4.79 Å². The lowest BCUT2D eigenvalue weighted by Gasteiger charge is -2.27. The molecule has 0 aromatic carbocycles. The van der Waals surface area contributed by atoms with E-state index in [1.54, 1.807) is 6.92 Å². The zero-order chi connectivity index (χ0) is 8.91. The van der Waals surface area contributed by atoms with Crippen molar-refractivity contribution in [3.8, 4) is 0 Å². The Bertz CT molecular complexity index is 124. The highest BCUT2D eigenvalue weighted by Crippen LogP contribution is 2.15. The molecule has 3 heteroatoms. The molecule has 2 nitrogen and oxygen atoms in total. The van der Waals surface area contributed by atoms with Gasteiger partial charge in [-0.2, -0.15) is 0 Å². The zero-order valence-electron chi connectivity index (χ0n) is 8.03. The van der Waals surface area contributed by atoms with Crippen LogP contribution in [0.3, 0.4) is 0 Å². The van der Waals surface area contributed by atoms with E-state index in [4.69, 9.17) is 0 Å². The maximum Gasteiger partial charge on any atom is 0.209 e. The molecule has 1 N–H and O–H groups in total. The van der Waals surface area contributed by atoms with E-state index in [0.29, 0.717) is 0 Å². The normalized spacial score (nSPS) is 11.3. The molecule has 0 aromatic rings. The van der Waals surface area contributed by atoms with Crippen molar-refractivity contribution in [2.45, 2.75) is 45.8 Å². The van der Waals surface area contributed by atoms with Gasteiger partial charge < -0.3 is 4.98 Å². The van der Waals surface area contributed by atoms with Crippen LogP contribution < -0.4 is 4.98 Å². The van der Waals surface area contributed by atoms with E-state index in [1.807, 2.05) is 0 Å². The predicted octanol–water partition coefficient (Wildman–Crippen LogP) is 2.13. The van der Waals surface area contributed by atoms with Crippen LogP contribution in [0, 0.1) is 0 Å². The molecule has 0 bridgehead atoms. The van der Waals surface area contributed by atoms with E-state index in [9.17, 15) is 4.79 Å². The molecular weight excluding hydrogens is 154 g/mol. The second-order valence-corrected chi connectivity index (χ2v) is 7.95. The Balaban J connectivity index is 4.16. The van der Waals surface area contributed by atoms with E-state index in [-0.39, 0.29) is 5.91 Å². The van der Waals surface area contributed by atoms with Crippen LogP contribution in [0.2, 0.25) is 18.1 Å². The zero-order valence-corrected chi connectivity index (χ0v) is 9.03. The lowest BCUT2D eigenvalue weighted by molar-refractivity contribution is -0.117. The van der Waals surface area contributed by atoms with Crippen molar-refractivity contribution in [2.75, 3.05) is 0 Å². The highest BCUT2D eigenvalue weighted by Gasteiger charge is 2.27. The molecule has 0 spiro atoms. The van der Waals surface area contributed by atoms with Gasteiger partial charge in [0.1, 0.15) is 0 Å². The van der Waals surface area contributed by atoms with Crippen LogP contribution in [0.15, 0.2) is 0 Å². The summed E-state index contributed by atoms with van der Waals surface area (Å²) in [5, 5.41) is 0. The second-order valence-electron chi connectivity index (χ2n) is 3.02. The Kier molecular flexibility index (Phi) is 4.41. The number of hydrogen-bond acceptors (Lipinski definition) is 1. The third-order valence-corrected chi connectivity index (χ3v) is 7.41. The Morgan fingerprint density at radius 3 is 1.64 bits per heavy atom. The first kappa shape index (κ1) is 10.7. The summed E-state index contributed by atoms with van der Waals surface area (Å²) in [5.41, 5.74) is 0. The SMILES string of the molecule is CC[Si](CC)(CC)NC(C)=O. The highest BCUT2D eigenvalue weighted by atomic mass is 28.3. The van der Waals surface area contributed by atoms with Gasteiger partial charge >= 0.3 is 0 Å². The molecule has 0 aromatic heterocycles. The molecule has 0 rings (SSSR count). The fourth-order valence-corrected chi connectivity index (χ4v) is 4.17. The van der Waals surface area contributed by atoms with Crippen molar-refractivity contribution in [1.29, 1.82) is 0 Å². The van der Waals surface area contributed by atoms with Gasteiger partial charge in [-0.25, -0.2) is 0 Å². The first-order valence-corrected chi connectivity index (χ1v) is 7.01. The third-order valence-electron chi connectivity index (χ3n) is 2.47. The first-order valence-electron chi connectivity index (χ1n) is 4.39. The molecule has 0 aliphatic carbocycles. The largest absolute Gasteiger partial charge is 0.382 e. The minimum Gasteiger partial charge on any atom is -0.382 e. The molecule has 1 amide bonds. The van der Waals surface area contributed by atoms with Gasteiger partial charge in [-0.3, -0.25) is 4.79 Å². The molecule has 66 valence electrons. The third kappa shape index (κ3) is 3.06. The summed E-state index contributed by atoms with van der Waals surface area (Å²) in [6.45, 7) is 8.14. The molecule has 0 unspecified atom stereocenters. The van der Waals surface area contributed by atoms with Gasteiger partial charge in [0.2, 0.25) is 5.91 Å². The Hall–Kier alpha value is -0.313. The molecule has 0 radical (unpaired) electrons. The molecule has 0 heterocycles. The van der Waals surface area contributed by atoms with Crippen LogP contribution in [0.4, 0.5) is 0 Å². The molecule has 0 aliphatic heterocycles. The van der Waals surface area contributed by atoms with E-state index >= 15 is 0 Å². The highest BCUT2D eigenvalue weighted by molar-refractivity contribution is 6.79. The summed E-state index contributed by atoms with van der Waals surface area (Å²) in [5.74, 6) is 0.141. The Labute approximate surface area is 70.5 Å². The number of hydrogen-bond donors (Lipinski definition) is 1. The van der Waals surface area contributed by atoms with Gasteiger partial charge in [0.05, 0.1) is 0 Å². The monoisotopic (exact) mass is 173 g/mol. The molecule has 0 atom stereocenters. The van der Waals surface area contributed by atoms with Crippen molar-refractivity contribution in [1.82, 2.24) is 4.98 Å². The van der Waals surface area contributed by atoms with Gasteiger partial charge in [0.25, 0.3) is 0 Å². The Morgan fingerprint density at radius 1 is 1.18 bits per heavy atom. The molecule has 0 saturated heterocycles. The van der Waals surface area contributed by atoms with E-state index in [0.717, 1.165) is 18.1 Å². The number of carbonyl (C=O) groups is 1. The molecule has 0 saturated carbocycles. The van der Waals surface area contributed by atoms with Crippen molar-refractivity contribution in [3.05, 3.63) is 0 Å². The van der Waals surface area contributed by atoms with Crippen LogP contribution in [-0.4, -0.2) is 14.1 Å². The van der Waals surface area contributed by atoms with Crippen molar-refractivity contribution >= 4 is 14.1 Å². The second kappa shape index (κ2) is 4.54. The number of amides is 1. The minimum atomic E-state index is -1.38. The topological polar surface area (TPSA) is 29.1 Å². The summed E-state index contributed by atoms with van der Waals surface area (Å²) in [4.78, 5) is 14.0. The Morgan fingerprint density at radius 2 is 1.55 bits per heavy atom. The van der Waals surface area contributed by atoms with E-state index < -0.39 is 8.24 Å². The average molecular weight is 173 g/mol. The van der Waals surface area contributed by atoms with Crippen LogP contribution in [0.25, 0.3) is 0 Å². The fourth-order valence-electron chi connectivity index (χ4n) is 1.39. The molecular formula is C8H19NOSi. The molecule has 0 aliphatic rings. The summed E-state index contributed by atoms with van der Waals surface area (Å²) in [6, 6.07) is 3.46. The smallest absolute Gasteiger partial charge is 0.209 e. The molecule has 11 heavy (non-hydrogen) atoms. The van der Waals surface area contributed by atoms with E-state index in [1.165, 1.54) is 0 Å². The number of rotatable bonds is 4. The summed E-state index contributed by atoms with van der Waals surface area (Å²) in [6.07, 6.45) is 0. The van der Waals surface area contributed by atoms with Crippen molar-refractivity contribution in [3.63, 3.8) is 0 Å². The van der Waals surface area contributed by atoms with Crippen LogP contribution in [-0.2, 0) is 4.79 Å². The van der Waals surface area contributed by atoms with Crippen LogP contribution >= 0.6 is 0 Å². The maximum absolute atomic E-state index is 10.9. The van der Waals surface area contributed by atoms with E-state index in [2.05, 4.69) is 25.8 Å². The predicted molar refractivity (Wildman–Crippen MR) is 51.0 cm³/mol. The lowest BCUT2D eigenvalue weighted by Crippen LogP contribution is -2.50. The van der Waals surface area contributed by atoms with Gasteiger partial charge in [-0.05, 0) is 18.1 Å². The van der Waals surface area contributed by atoms with Crippen molar-refractivity contribution in [2.24, 2.45) is 0 Å². The molecule has 0 fully saturated rings.